The average molecular weight is 480 g/mol. The van der Waals surface area contributed by atoms with Crippen molar-refractivity contribution in [3.05, 3.63) is 53.6 Å². The molecule has 0 unspecified atom stereocenters. The zero-order valence-electron chi connectivity index (χ0n) is 18.5. The number of para-hydroxylation sites is 1. The minimum absolute atomic E-state index is 0.0530. The van der Waals surface area contributed by atoms with Crippen LogP contribution in [-0.2, 0) is 24.8 Å². The lowest BCUT2D eigenvalue weighted by atomic mass is 9.97. The minimum Gasteiger partial charge on any atom is -0.326 e. The van der Waals surface area contributed by atoms with Crippen molar-refractivity contribution in [3.63, 3.8) is 0 Å². The molecule has 1 heterocycles. The Morgan fingerprint density at radius 1 is 0.969 bits per heavy atom. The van der Waals surface area contributed by atoms with Gasteiger partial charge < -0.3 is 5.32 Å². The Bertz CT molecular complexity index is 1160. The molecule has 2 aromatic carbocycles. The summed E-state index contributed by atoms with van der Waals surface area (Å²) >= 11 is 0. The maximum atomic E-state index is 12.8. The van der Waals surface area contributed by atoms with Crippen molar-refractivity contribution in [1.29, 1.82) is 0 Å². The molecule has 1 aliphatic rings. The van der Waals surface area contributed by atoms with Crippen molar-refractivity contribution < 1.29 is 21.6 Å². The van der Waals surface area contributed by atoms with E-state index in [-0.39, 0.29) is 22.5 Å². The predicted molar refractivity (Wildman–Crippen MR) is 126 cm³/mol. The van der Waals surface area contributed by atoms with Crippen LogP contribution in [0.15, 0.2) is 47.4 Å². The number of sulfonamides is 2. The second kappa shape index (κ2) is 9.60. The van der Waals surface area contributed by atoms with Crippen LogP contribution in [-0.4, -0.2) is 45.9 Å². The largest absolute Gasteiger partial charge is 0.326 e. The number of carbonyl (C=O) groups is 1. The highest BCUT2D eigenvalue weighted by Crippen LogP contribution is 2.25. The molecule has 0 radical (unpaired) electrons. The van der Waals surface area contributed by atoms with Crippen LogP contribution < -0.4 is 10.0 Å². The minimum atomic E-state index is -3.77. The van der Waals surface area contributed by atoms with E-state index in [4.69, 9.17) is 0 Å². The molecule has 0 aliphatic carbocycles. The van der Waals surface area contributed by atoms with Crippen molar-refractivity contribution in [2.75, 3.05) is 28.9 Å². The highest BCUT2D eigenvalue weighted by atomic mass is 32.2. The number of nitrogens with one attached hydrogen (secondary N) is 2. The Balaban J connectivity index is 1.63. The van der Waals surface area contributed by atoms with Crippen molar-refractivity contribution >= 4 is 37.3 Å². The summed E-state index contributed by atoms with van der Waals surface area (Å²) in [7, 11) is -7.01. The Kier molecular flexibility index (Phi) is 7.26. The summed E-state index contributed by atoms with van der Waals surface area (Å²) in [6.45, 7) is 5.94. The molecule has 0 saturated carbocycles. The third kappa shape index (κ3) is 5.48. The topological polar surface area (TPSA) is 113 Å². The molecule has 3 rings (SSSR count). The maximum Gasteiger partial charge on any atom is 0.261 e. The summed E-state index contributed by atoms with van der Waals surface area (Å²) in [6, 6.07) is 11.5. The van der Waals surface area contributed by atoms with Crippen molar-refractivity contribution in [2.45, 2.75) is 38.5 Å². The van der Waals surface area contributed by atoms with E-state index in [2.05, 4.69) is 10.0 Å². The lowest BCUT2D eigenvalue weighted by molar-refractivity contribution is -0.120. The average Bonchev–Trinajstić information content (AvgIpc) is 2.77. The van der Waals surface area contributed by atoms with Gasteiger partial charge in [-0.3, -0.25) is 9.52 Å². The molecule has 0 atom stereocenters. The fourth-order valence-corrected chi connectivity index (χ4v) is 6.04. The molecule has 174 valence electrons. The normalized spacial score (nSPS) is 16.0. The van der Waals surface area contributed by atoms with Crippen LogP contribution in [0.3, 0.4) is 0 Å². The summed E-state index contributed by atoms with van der Waals surface area (Å²) in [4.78, 5) is 12.7. The van der Waals surface area contributed by atoms with E-state index in [1.54, 1.807) is 19.1 Å². The second-order valence-corrected chi connectivity index (χ2v) is 11.9. The zero-order valence-corrected chi connectivity index (χ0v) is 20.1. The number of benzene rings is 2. The van der Waals surface area contributed by atoms with Gasteiger partial charge in [0.25, 0.3) is 10.0 Å². The number of piperidine rings is 1. The molecule has 0 spiro atoms. The number of anilines is 2. The summed E-state index contributed by atoms with van der Waals surface area (Å²) in [5.41, 5.74) is 2.71. The Morgan fingerprint density at radius 2 is 1.53 bits per heavy atom. The van der Waals surface area contributed by atoms with E-state index >= 15 is 0 Å². The van der Waals surface area contributed by atoms with Gasteiger partial charge in [0.15, 0.2) is 0 Å². The molecule has 32 heavy (non-hydrogen) atoms. The summed E-state index contributed by atoms with van der Waals surface area (Å²) in [5, 5.41) is 2.80. The molecule has 2 aromatic rings. The highest BCUT2D eigenvalue weighted by Gasteiger charge is 2.30. The Morgan fingerprint density at radius 3 is 2.06 bits per heavy atom. The van der Waals surface area contributed by atoms with Crippen LogP contribution >= 0.6 is 0 Å². The van der Waals surface area contributed by atoms with Gasteiger partial charge in [-0.05, 0) is 69.0 Å². The number of amides is 1. The molecular formula is C22H29N3O5S2. The van der Waals surface area contributed by atoms with Crippen LogP contribution in [0.2, 0.25) is 0 Å². The number of aryl methyl sites for hydroxylation is 2. The third-order valence-corrected chi connectivity index (χ3v) is 8.98. The molecule has 0 bridgehead atoms. The first kappa shape index (κ1) is 24.2. The van der Waals surface area contributed by atoms with E-state index < -0.39 is 20.0 Å². The number of nitrogens with zero attached hydrogens (tertiary/aromatic N) is 1. The first-order valence-electron chi connectivity index (χ1n) is 10.5. The van der Waals surface area contributed by atoms with E-state index in [0.717, 1.165) is 11.1 Å². The smallest absolute Gasteiger partial charge is 0.261 e. The SMILES string of the molecule is CCS(=O)(=O)N1CCC(C(=O)Nc2ccc(S(=O)(=O)Nc3c(C)cccc3C)cc2)CC1. The quantitative estimate of drug-likeness (QED) is 0.634. The maximum absolute atomic E-state index is 12.8. The van der Waals surface area contributed by atoms with E-state index in [1.807, 2.05) is 32.0 Å². The molecule has 2 N–H and O–H groups in total. The van der Waals surface area contributed by atoms with Crippen LogP contribution in [0.5, 0.6) is 0 Å². The Hall–Kier alpha value is -2.43. The van der Waals surface area contributed by atoms with Gasteiger partial charge in [-0.25, -0.2) is 21.1 Å². The van der Waals surface area contributed by atoms with Crippen LogP contribution in [0.25, 0.3) is 0 Å². The summed E-state index contributed by atoms with van der Waals surface area (Å²) in [6.07, 6.45) is 0.911. The van der Waals surface area contributed by atoms with Gasteiger partial charge in [-0.2, -0.15) is 0 Å². The number of rotatable bonds is 7. The van der Waals surface area contributed by atoms with Gasteiger partial charge in [0.2, 0.25) is 15.9 Å². The monoisotopic (exact) mass is 479 g/mol. The number of hydrogen-bond donors (Lipinski definition) is 2. The molecule has 0 aromatic heterocycles. The summed E-state index contributed by atoms with van der Waals surface area (Å²) in [5.74, 6) is -0.424. The predicted octanol–water partition coefficient (Wildman–Crippen LogP) is 3.10. The molecule has 10 heteroatoms. The van der Waals surface area contributed by atoms with Gasteiger partial charge in [-0.1, -0.05) is 18.2 Å². The van der Waals surface area contributed by atoms with Crippen molar-refractivity contribution in [3.8, 4) is 0 Å². The van der Waals surface area contributed by atoms with E-state index in [0.29, 0.717) is 37.3 Å². The second-order valence-electron chi connectivity index (χ2n) is 7.96. The number of carbonyl (C=O) groups excluding carboxylic acids is 1. The molecule has 8 nitrogen and oxygen atoms in total. The van der Waals surface area contributed by atoms with Crippen molar-refractivity contribution in [1.82, 2.24) is 4.31 Å². The van der Waals surface area contributed by atoms with Gasteiger partial charge in [0.05, 0.1) is 16.3 Å². The first-order valence-corrected chi connectivity index (χ1v) is 13.6. The van der Waals surface area contributed by atoms with Crippen LogP contribution in [0.1, 0.15) is 30.9 Å². The zero-order chi connectivity index (χ0) is 23.5. The Labute approximate surface area is 190 Å². The van der Waals surface area contributed by atoms with Gasteiger partial charge in [-0.15, -0.1) is 0 Å². The standard InChI is InChI=1S/C22H29N3O5S2/c1-4-31(27,28)25-14-12-18(13-15-25)22(26)23-19-8-10-20(11-9-19)32(29,30)24-21-16(2)6-5-7-17(21)3/h5-11,18,24H,4,12-15H2,1-3H3,(H,23,26). The fraction of sp³-hybridized carbons (Fsp3) is 0.409. The third-order valence-electron chi connectivity index (χ3n) is 5.73. The molecule has 1 fully saturated rings. The molecule has 1 amide bonds. The van der Waals surface area contributed by atoms with Crippen LogP contribution in [0, 0.1) is 19.8 Å². The van der Waals surface area contributed by atoms with Gasteiger partial charge in [0, 0.05) is 24.7 Å². The van der Waals surface area contributed by atoms with E-state index in [9.17, 15) is 21.6 Å². The molecular weight excluding hydrogens is 450 g/mol. The lowest BCUT2D eigenvalue weighted by Gasteiger charge is -2.30. The van der Waals surface area contributed by atoms with Gasteiger partial charge in [0.1, 0.15) is 0 Å². The lowest BCUT2D eigenvalue weighted by Crippen LogP contribution is -2.42. The first-order chi connectivity index (χ1) is 15.0. The molecule has 1 saturated heterocycles. The van der Waals surface area contributed by atoms with Gasteiger partial charge >= 0.3 is 0 Å². The van der Waals surface area contributed by atoms with Crippen LogP contribution in [0.4, 0.5) is 11.4 Å². The fourth-order valence-electron chi connectivity index (χ4n) is 3.71. The highest BCUT2D eigenvalue weighted by molar-refractivity contribution is 7.92. The number of hydrogen-bond acceptors (Lipinski definition) is 5. The summed E-state index contributed by atoms with van der Waals surface area (Å²) < 4.78 is 53.5. The van der Waals surface area contributed by atoms with Crippen molar-refractivity contribution in [2.24, 2.45) is 5.92 Å². The molecule has 1 aliphatic heterocycles. The van der Waals surface area contributed by atoms with E-state index in [1.165, 1.54) is 16.4 Å².